The summed E-state index contributed by atoms with van der Waals surface area (Å²) in [6, 6.07) is 5.53. The lowest BCUT2D eigenvalue weighted by molar-refractivity contribution is -0.120. The fourth-order valence-electron chi connectivity index (χ4n) is 3.12. The van der Waals surface area contributed by atoms with Crippen LogP contribution in [0.15, 0.2) is 22.7 Å². The Balaban J connectivity index is 1.69. The van der Waals surface area contributed by atoms with Crippen molar-refractivity contribution in [2.24, 2.45) is 0 Å². The molecule has 0 bridgehead atoms. The molecule has 1 saturated heterocycles. The maximum Gasteiger partial charge on any atom is 0.241 e. The monoisotopic (exact) mass is 344 g/mol. The molecule has 1 aromatic heterocycles. The molecule has 1 aliphatic rings. The third kappa shape index (κ3) is 3.99. The van der Waals surface area contributed by atoms with Crippen LogP contribution in [0, 0.1) is 6.92 Å². The second-order valence-electron chi connectivity index (χ2n) is 6.28. The van der Waals surface area contributed by atoms with Crippen LogP contribution in [0.25, 0.3) is 0 Å². The van der Waals surface area contributed by atoms with Crippen LogP contribution in [0.5, 0.6) is 5.75 Å². The van der Waals surface area contributed by atoms with Crippen LogP contribution in [0.2, 0.25) is 0 Å². The molecule has 0 saturated carbocycles. The van der Waals surface area contributed by atoms with Crippen LogP contribution in [0.3, 0.4) is 0 Å². The van der Waals surface area contributed by atoms with Gasteiger partial charge in [-0.1, -0.05) is 18.1 Å². The second kappa shape index (κ2) is 7.65. The predicted octanol–water partition coefficient (Wildman–Crippen LogP) is 2.55. The Bertz CT molecular complexity index is 744. The molecule has 1 unspecified atom stereocenters. The largest absolute Gasteiger partial charge is 0.495 e. The minimum atomic E-state index is -0.206. The number of hydrogen-bond donors (Lipinski definition) is 1. The Kier molecular flexibility index (Phi) is 5.33. The standard InChI is InChI=1S/C18H24N4O3/c1-4-16-20-17(25-21-16)11-22-9-5-6-14(22)18(23)19-13-10-12(2)7-8-15(13)24-3/h7-8,10,14H,4-6,9,11H2,1-3H3,(H,19,23). The Morgan fingerprint density at radius 3 is 3.04 bits per heavy atom. The van der Waals surface area contributed by atoms with Crippen LogP contribution in [-0.2, 0) is 17.8 Å². The van der Waals surface area contributed by atoms with Gasteiger partial charge in [0.25, 0.3) is 0 Å². The van der Waals surface area contributed by atoms with Crippen molar-refractivity contribution in [1.29, 1.82) is 0 Å². The lowest BCUT2D eigenvalue weighted by atomic mass is 10.1. The van der Waals surface area contributed by atoms with Crippen LogP contribution >= 0.6 is 0 Å². The van der Waals surface area contributed by atoms with E-state index in [1.54, 1.807) is 7.11 Å². The number of likely N-dealkylation sites (tertiary alicyclic amines) is 1. The highest BCUT2D eigenvalue weighted by atomic mass is 16.5. The van der Waals surface area contributed by atoms with Crippen molar-refractivity contribution >= 4 is 11.6 Å². The van der Waals surface area contributed by atoms with Crippen molar-refractivity contribution in [2.75, 3.05) is 19.0 Å². The topological polar surface area (TPSA) is 80.5 Å². The zero-order chi connectivity index (χ0) is 17.8. The fraction of sp³-hybridized carbons (Fsp3) is 0.500. The summed E-state index contributed by atoms with van der Waals surface area (Å²) in [5.74, 6) is 1.88. The molecule has 0 aliphatic carbocycles. The number of rotatable bonds is 6. The molecule has 1 atom stereocenters. The van der Waals surface area contributed by atoms with E-state index >= 15 is 0 Å². The molecular weight excluding hydrogens is 320 g/mol. The Morgan fingerprint density at radius 2 is 2.32 bits per heavy atom. The van der Waals surface area contributed by atoms with Gasteiger partial charge in [-0.05, 0) is 44.0 Å². The SMILES string of the molecule is CCc1noc(CN2CCCC2C(=O)Nc2cc(C)ccc2OC)n1. The van der Waals surface area contributed by atoms with Crippen LogP contribution in [-0.4, -0.2) is 40.6 Å². The Hall–Kier alpha value is -2.41. The summed E-state index contributed by atoms with van der Waals surface area (Å²) in [5, 5.41) is 6.92. The number of aromatic nitrogens is 2. The highest BCUT2D eigenvalue weighted by molar-refractivity contribution is 5.96. The number of carbonyl (C=O) groups is 1. The smallest absolute Gasteiger partial charge is 0.241 e. The first-order chi connectivity index (χ1) is 12.1. The van der Waals surface area contributed by atoms with Gasteiger partial charge in [-0.15, -0.1) is 0 Å². The number of nitrogens with zero attached hydrogens (tertiary/aromatic N) is 3. The molecule has 2 heterocycles. The Morgan fingerprint density at radius 1 is 1.48 bits per heavy atom. The van der Waals surface area contributed by atoms with Crippen molar-refractivity contribution in [3.8, 4) is 5.75 Å². The first-order valence-electron chi connectivity index (χ1n) is 8.61. The maximum atomic E-state index is 12.8. The maximum absolute atomic E-state index is 12.8. The van der Waals surface area contributed by atoms with E-state index in [0.717, 1.165) is 31.4 Å². The molecule has 2 aromatic rings. The number of methoxy groups -OCH3 is 1. The van der Waals surface area contributed by atoms with E-state index in [1.807, 2.05) is 32.0 Å². The summed E-state index contributed by atoms with van der Waals surface area (Å²) < 4.78 is 10.6. The highest BCUT2D eigenvalue weighted by Crippen LogP contribution is 2.27. The Labute approximate surface area is 147 Å². The number of carbonyl (C=O) groups excluding carboxylic acids is 1. The number of benzene rings is 1. The molecule has 134 valence electrons. The molecule has 1 N–H and O–H groups in total. The van der Waals surface area contributed by atoms with E-state index < -0.39 is 0 Å². The molecule has 1 aliphatic heterocycles. The molecule has 3 rings (SSSR count). The lowest BCUT2D eigenvalue weighted by Gasteiger charge is -2.22. The van der Waals surface area contributed by atoms with E-state index in [0.29, 0.717) is 29.7 Å². The number of nitrogens with one attached hydrogen (secondary N) is 1. The van der Waals surface area contributed by atoms with E-state index in [-0.39, 0.29) is 11.9 Å². The second-order valence-corrected chi connectivity index (χ2v) is 6.28. The zero-order valence-corrected chi connectivity index (χ0v) is 14.9. The minimum Gasteiger partial charge on any atom is -0.495 e. The van der Waals surface area contributed by atoms with Crippen LogP contribution in [0.1, 0.15) is 37.0 Å². The summed E-state index contributed by atoms with van der Waals surface area (Å²) in [6.07, 6.45) is 2.52. The fourth-order valence-corrected chi connectivity index (χ4v) is 3.12. The van der Waals surface area contributed by atoms with Gasteiger partial charge in [0, 0.05) is 6.42 Å². The average Bonchev–Trinajstić information content (AvgIpc) is 3.24. The van der Waals surface area contributed by atoms with Gasteiger partial charge < -0.3 is 14.6 Å². The normalized spacial score (nSPS) is 17.6. The molecule has 0 radical (unpaired) electrons. The van der Waals surface area contributed by atoms with Gasteiger partial charge in [-0.3, -0.25) is 9.69 Å². The molecule has 1 fully saturated rings. The number of amides is 1. The van der Waals surface area contributed by atoms with E-state index in [9.17, 15) is 4.79 Å². The van der Waals surface area contributed by atoms with Crippen molar-refractivity contribution in [3.05, 3.63) is 35.5 Å². The zero-order valence-electron chi connectivity index (χ0n) is 14.9. The molecule has 25 heavy (non-hydrogen) atoms. The van der Waals surface area contributed by atoms with Crippen molar-refractivity contribution in [2.45, 2.75) is 45.7 Å². The number of anilines is 1. The third-order valence-corrected chi connectivity index (χ3v) is 4.44. The van der Waals surface area contributed by atoms with Gasteiger partial charge in [-0.2, -0.15) is 4.98 Å². The van der Waals surface area contributed by atoms with Crippen molar-refractivity contribution < 1.29 is 14.1 Å². The van der Waals surface area contributed by atoms with Gasteiger partial charge in [-0.25, -0.2) is 0 Å². The average molecular weight is 344 g/mol. The number of ether oxygens (including phenoxy) is 1. The van der Waals surface area contributed by atoms with Crippen LogP contribution in [0.4, 0.5) is 5.69 Å². The van der Waals surface area contributed by atoms with Crippen LogP contribution < -0.4 is 10.1 Å². The summed E-state index contributed by atoms with van der Waals surface area (Å²) >= 11 is 0. The summed E-state index contributed by atoms with van der Waals surface area (Å²) in [4.78, 5) is 19.2. The molecule has 0 spiro atoms. The first-order valence-corrected chi connectivity index (χ1v) is 8.61. The van der Waals surface area contributed by atoms with Gasteiger partial charge in [0.2, 0.25) is 11.8 Å². The van der Waals surface area contributed by atoms with E-state index in [4.69, 9.17) is 9.26 Å². The van der Waals surface area contributed by atoms with Crippen molar-refractivity contribution in [3.63, 3.8) is 0 Å². The summed E-state index contributed by atoms with van der Waals surface area (Å²) in [5.41, 5.74) is 1.77. The summed E-state index contributed by atoms with van der Waals surface area (Å²) in [7, 11) is 1.60. The van der Waals surface area contributed by atoms with Gasteiger partial charge in [0.15, 0.2) is 5.82 Å². The molecule has 7 heteroatoms. The third-order valence-electron chi connectivity index (χ3n) is 4.44. The van der Waals surface area contributed by atoms with E-state index in [2.05, 4.69) is 20.4 Å². The highest BCUT2D eigenvalue weighted by Gasteiger charge is 2.32. The molecule has 1 amide bonds. The van der Waals surface area contributed by atoms with Gasteiger partial charge >= 0.3 is 0 Å². The number of hydrogen-bond acceptors (Lipinski definition) is 6. The van der Waals surface area contributed by atoms with E-state index in [1.165, 1.54) is 0 Å². The lowest BCUT2D eigenvalue weighted by Crippen LogP contribution is -2.39. The van der Waals surface area contributed by atoms with Gasteiger partial charge in [0.05, 0.1) is 25.4 Å². The minimum absolute atomic E-state index is 0.0309. The quantitative estimate of drug-likeness (QED) is 0.867. The van der Waals surface area contributed by atoms with Gasteiger partial charge in [0.1, 0.15) is 5.75 Å². The molecule has 1 aromatic carbocycles. The molecular formula is C18H24N4O3. The van der Waals surface area contributed by atoms with Crippen molar-refractivity contribution in [1.82, 2.24) is 15.0 Å². The molecule has 7 nitrogen and oxygen atoms in total. The first kappa shape index (κ1) is 17.4. The number of aryl methyl sites for hydroxylation is 2. The predicted molar refractivity (Wildman–Crippen MR) is 93.5 cm³/mol. The summed E-state index contributed by atoms with van der Waals surface area (Å²) in [6.45, 7) is 5.30.